The van der Waals surface area contributed by atoms with Gasteiger partial charge in [0.05, 0.1) is 0 Å². The number of benzene rings is 1. The molecule has 0 unspecified atom stereocenters. The fourth-order valence-electron chi connectivity index (χ4n) is 0.947. The molecule has 0 aliphatic carbocycles. The Hall–Kier alpha value is -0.960. The van der Waals surface area contributed by atoms with Crippen LogP contribution in [0.3, 0.4) is 0 Å². The maximum atomic E-state index is 10.5. The number of thioether (sulfide) groups is 1. The summed E-state index contributed by atoms with van der Waals surface area (Å²) >= 11 is 1.68. The van der Waals surface area contributed by atoms with Crippen LogP contribution in [0.25, 0.3) is 0 Å². The number of hydrogen-bond acceptors (Lipinski definition) is 3. The molecule has 0 spiro atoms. The molecule has 0 N–H and O–H groups in total. The highest BCUT2D eigenvalue weighted by Crippen LogP contribution is 2.16. The van der Waals surface area contributed by atoms with E-state index >= 15 is 0 Å². The van der Waals surface area contributed by atoms with Crippen molar-refractivity contribution in [2.24, 2.45) is 0 Å². The molecule has 0 saturated carbocycles. The zero-order chi connectivity index (χ0) is 9.68. The molecule has 0 aliphatic heterocycles. The first kappa shape index (κ1) is 10.1. The van der Waals surface area contributed by atoms with Crippen molar-refractivity contribution in [2.45, 2.75) is 18.4 Å². The predicted molar refractivity (Wildman–Crippen MR) is 53.7 cm³/mol. The van der Waals surface area contributed by atoms with Gasteiger partial charge in [0.1, 0.15) is 6.61 Å². The van der Waals surface area contributed by atoms with Gasteiger partial charge in [0, 0.05) is 11.8 Å². The van der Waals surface area contributed by atoms with Gasteiger partial charge in [-0.05, 0) is 24.0 Å². The molecule has 0 aromatic heterocycles. The first-order valence-electron chi connectivity index (χ1n) is 3.98. The maximum absolute atomic E-state index is 10.5. The quantitative estimate of drug-likeness (QED) is 0.548. The lowest BCUT2D eigenvalue weighted by atomic mass is 10.2. The molecule has 1 aromatic carbocycles. The van der Waals surface area contributed by atoms with Crippen LogP contribution in [-0.2, 0) is 16.1 Å². The van der Waals surface area contributed by atoms with Gasteiger partial charge < -0.3 is 4.74 Å². The lowest BCUT2D eigenvalue weighted by Crippen LogP contribution is -1.98. The van der Waals surface area contributed by atoms with Gasteiger partial charge in [-0.1, -0.05) is 12.1 Å². The van der Waals surface area contributed by atoms with Crippen molar-refractivity contribution in [3.63, 3.8) is 0 Å². The molecular weight excluding hydrogens is 184 g/mol. The van der Waals surface area contributed by atoms with Crippen molar-refractivity contribution < 1.29 is 9.53 Å². The minimum atomic E-state index is -0.241. The zero-order valence-corrected chi connectivity index (χ0v) is 8.56. The largest absolute Gasteiger partial charge is 0.461 e. The number of carbonyl (C=O) groups is 1. The van der Waals surface area contributed by atoms with Crippen molar-refractivity contribution in [2.75, 3.05) is 6.26 Å². The van der Waals surface area contributed by atoms with E-state index in [1.54, 1.807) is 11.8 Å². The summed E-state index contributed by atoms with van der Waals surface area (Å²) < 4.78 is 4.88. The fourth-order valence-corrected chi connectivity index (χ4v) is 1.43. The van der Waals surface area contributed by atoms with E-state index in [4.69, 9.17) is 4.74 Å². The highest BCUT2D eigenvalue weighted by atomic mass is 32.2. The van der Waals surface area contributed by atoms with Gasteiger partial charge in [0.25, 0.3) is 0 Å². The third kappa shape index (κ3) is 3.51. The Bertz CT molecular complexity index is 297. The lowest BCUT2D eigenvalue weighted by Gasteiger charge is -2.03. The molecule has 13 heavy (non-hydrogen) atoms. The van der Waals surface area contributed by atoms with Crippen LogP contribution in [0, 0.1) is 0 Å². The van der Waals surface area contributed by atoms with Crippen molar-refractivity contribution in [1.82, 2.24) is 0 Å². The van der Waals surface area contributed by atoms with Gasteiger partial charge in [-0.25, -0.2) is 0 Å². The van der Waals surface area contributed by atoms with Crippen LogP contribution >= 0.6 is 11.8 Å². The van der Waals surface area contributed by atoms with E-state index in [1.807, 2.05) is 30.5 Å². The second-order valence-corrected chi connectivity index (χ2v) is 3.51. The Labute approximate surface area is 82.3 Å². The van der Waals surface area contributed by atoms with Crippen molar-refractivity contribution >= 4 is 17.7 Å². The number of carbonyl (C=O) groups excluding carboxylic acids is 1. The number of esters is 1. The van der Waals surface area contributed by atoms with Crippen LogP contribution in [0.1, 0.15) is 12.5 Å². The van der Waals surface area contributed by atoms with Gasteiger partial charge in [-0.2, -0.15) is 0 Å². The van der Waals surface area contributed by atoms with Crippen LogP contribution in [0.5, 0.6) is 0 Å². The van der Waals surface area contributed by atoms with Crippen LogP contribution in [-0.4, -0.2) is 12.2 Å². The third-order valence-corrected chi connectivity index (χ3v) is 2.30. The summed E-state index contributed by atoms with van der Waals surface area (Å²) in [5.74, 6) is -0.241. The van der Waals surface area contributed by atoms with E-state index < -0.39 is 0 Å². The van der Waals surface area contributed by atoms with Gasteiger partial charge in [0.15, 0.2) is 0 Å². The average molecular weight is 196 g/mol. The summed E-state index contributed by atoms with van der Waals surface area (Å²) in [6.45, 7) is 1.78. The standard InChI is InChI=1S/C10H12O2S/c1-8(11)12-7-9-4-3-5-10(6-9)13-2/h3-6H,7H2,1-2H3. The van der Waals surface area contributed by atoms with Gasteiger partial charge in [-0.3, -0.25) is 4.79 Å². The second-order valence-electron chi connectivity index (χ2n) is 2.63. The average Bonchev–Trinajstić information content (AvgIpc) is 2.15. The summed E-state index contributed by atoms with van der Waals surface area (Å²) in [7, 11) is 0. The van der Waals surface area contributed by atoms with Gasteiger partial charge in [0.2, 0.25) is 0 Å². The van der Waals surface area contributed by atoms with Crippen molar-refractivity contribution in [3.05, 3.63) is 29.8 Å². The van der Waals surface area contributed by atoms with Crippen LogP contribution < -0.4 is 0 Å². The summed E-state index contributed by atoms with van der Waals surface area (Å²) in [5.41, 5.74) is 1.03. The molecule has 0 amide bonds. The highest BCUT2D eigenvalue weighted by molar-refractivity contribution is 7.98. The molecule has 0 fully saturated rings. The van der Waals surface area contributed by atoms with Gasteiger partial charge >= 0.3 is 5.97 Å². The molecule has 1 aromatic rings. The third-order valence-electron chi connectivity index (χ3n) is 1.58. The molecule has 0 heterocycles. The fraction of sp³-hybridized carbons (Fsp3) is 0.300. The van der Waals surface area contributed by atoms with Crippen LogP contribution in [0.4, 0.5) is 0 Å². The van der Waals surface area contributed by atoms with Gasteiger partial charge in [-0.15, -0.1) is 11.8 Å². The Kier molecular flexibility index (Phi) is 3.83. The van der Waals surface area contributed by atoms with Crippen molar-refractivity contribution in [1.29, 1.82) is 0 Å². The molecule has 0 saturated heterocycles. The Morgan fingerprint density at radius 2 is 2.31 bits per heavy atom. The van der Waals surface area contributed by atoms with E-state index in [9.17, 15) is 4.79 Å². The lowest BCUT2D eigenvalue weighted by molar-refractivity contribution is -0.142. The highest BCUT2D eigenvalue weighted by Gasteiger charge is 1.97. The maximum Gasteiger partial charge on any atom is 0.302 e. The molecule has 0 atom stereocenters. The summed E-state index contributed by atoms with van der Waals surface area (Å²) in [6.07, 6.45) is 2.02. The molecule has 0 bridgehead atoms. The molecule has 0 aliphatic rings. The molecule has 1 rings (SSSR count). The minimum absolute atomic E-state index is 0.241. The molecule has 0 radical (unpaired) electrons. The van der Waals surface area contributed by atoms with Crippen LogP contribution in [0.15, 0.2) is 29.2 Å². The Morgan fingerprint density at radius 3 is 2.92 bits per heavy atom. The Morgan fingerprint density at radius 1 is 1.54 bits per heavy atom. The molecule has 70 valence electrons. The Balaban J connectivity index is 2.61. The van der Waals surface area contributed by atoms with E-state index in [0.29, 0.717) is 6.61 Å². The van der Waals surface area contributed by atoms with E-state index in [2.05, 4.69) is 0 Å². The smallest absolute Gasteiger partial charge is 0.302 e. The summed E-state index contributed by atoms with van der Waals surface area (Å²) in [6, 6.07) is 7.96. The SMILES string of the molecule is CSc1cccc(COC(C)=O)c1. The molecule has 2 nitrogen and oxygen atoms in total. The predicted octanol–water partition coefficient (Wildman–Crippen LogP) is 2.47. The second kappa shape index (κ2) is 4.92. The first-order valence-corrected chi connectivity index (χ1v) is 5.21. The van der Waals surface area contributed by atoms with E-state index in [0.717, 1.165) is 5.56 Å². The summed E-state index contributed by atoms with van der Waals surface area (Å²) in [4.78, 5) is 11.7. The zero-order valence-electron chi connectivity index (χ0n) is 7.74. The first-order chi connectivity index (χ1) is 6.22. The monoisotopic (exact) mass is 196 g/mol. The molecule has 3 heteroatoms. The topological polar surface area (TPSA) is 26.3 Å². The normalized spacial score (nSPS) is 9.69. The molecular formula is C10H12O2S. The minimum Gasteiger partial charge on any atom is -0.461 e. The number of ether oxygens (including phenoxy) is 1. The van der Waals surface area contributed by atoms with Crippen LogP contribution in [0.2, 0.25) is 0 Å². The summed E-state index contributed by atoms with van der Waals surface area (Å²) in [5, 5.41) is 0. The van der Waals surface area contributed by atoms with E-state index in [1.165, 1.54) is 11.8 Å². The number of hydrogen-bond donors (Lipinski definition) is 0. The van der Waals surface area contributed by atoms with E-state index in [-0.39, 0.29) is 5.97 Å². The van der Waals surface area contributed by atoms with Crippen molar-refractivity contribution in [3.8, 4) is 0 Å². The number of rotatable bonds is 3.